The largest absolute Gasteiger partial charge is 0.394 e. The number of hydrogen-bond acceptors (Lipinski definition) is 4. The van der Waals surface area contributed by atoms with E-state index in [0.717, 1.165) is 12.8 Å². The molecule has 2 heterocycles. The summed E-state index contributed by atoms with van der Waals surface area (Å²) >= 11 is 0. The highest BCUT2D eigenvalue weighted by molar-refractivity contribution is 4.89. The molecule has 1 aromatic rings. The van der Waals surface area contributed by atoms with Crippen LogP contribution in [0.2, 0.25) is 0 Å². The summed E-state index contributed by atoms with van der Waals surface area (Å²) in [5, 5.41) is 9.02. The van der Waals surface area contributed by atoms with Crippen molar-refractivity contribution in [3.8, 4) is 0 Å². The molecule has 1 aromatic heterocycles. The van der Waals surface area contributed by atoms with Crippen molar-refractivity contribution < 1.29 is 9.84 Å². The molecule has 6 heteroatoms. The molecule has 1 aliphatic rings. The van der Waals surface area contributed by atoms with Crippen LogP contribution in [0, 0.1) is 0 Å². The van der Waals surface area contributed by atoms with Gasteiger partial charge in [-0.05, 0) is 19.3 Å². The first kappa shape index (κ1) is 13.0. The van der Waals surface area contributed by atoms with Crippen LogP contribution in [0.25, 0.3) is 0 Å². The number of nitrogens with zero attached hydrogens (tertiary/aromatic N) is 2. The highest BCUT2D eigenvalue weighted by Gasteiger charge is 2.27. The van der Waals surface area contributed by atoms with Gasteiger partial charge in [-0.2, -0.15) is 0 Å². The second-order valence-electron chi connectivity index (χ2n) is 4.47. The van der Waals surface area contributed by atoms with Gasteiger partial charge in [-0.25, -0.2) is 4.79 Å². The van der Waals surface area contributed by atoms with Gasteiger partial charge in [0, 0.05) is 18.8 Å². The maximum absolute atomic E-state index is 12.1. The van der Waals surface area contributed by atoms with E-state index in [1.165, 1.54) is 21.4 Å². The topological polar surface area (TPSA) is 73.5 Å². The molecule has 1 N–H and O–H groups in total. The molecule has 0 unspecified atom stereocenters. The Hall–Kier alpha value is -1.40. The second-order valence-corrected chi connectivity index (χ2v) is 4.47. The fourth-order valence-corrected chi connectivity index (χ4v) is 2.21. The Balaban J connectivity index is 2.32. The summed E-state index contributed by atoms with van der Waals surface area (Å²) in [6.07, 6.45) is 3.01. The van der Waals surface area contributed by atoms with E-state index in [-0.39, 0.29) is 30.2 Å². The van der Waals surface area contributed by atoms with Crippen LogP contribution < -0.4 is 11.2 Å². The Kier molecular flexibility index (Phi) is 3.98. The molecule has 0 saturated carbocycles. The monoisotopic (exact) mass is 254 g/mol. The van der Waals surface area contributed by atoms with Gasteiger partial charge in [-0.15, -0.1) is 0 Å². The van der Waals surface area contributed by atoms with Gasteiger partial charge in [-0.1, -0.05) is 6.92 Å². The molecule has 100 valence electrons. The number of aromatic nitrogens is 2. The van der Waals surface area contributed by atoms with Crippen LogP contribution in [0.5, 0.6) is 0 Å². The van der Waals surface area contributed by atoms with Crippen molar-refractivity contribution in [1.29, 1.82) is 0 Å². The van der Waals surface area contributed by atoms with E-state index in [1.807, 2.05) is 6.92 Å². The molecule has 0 amide bonds. The smallest absolute Gasteiger partial charge is 0.333 e. The summed E-state index contributed by atoms with van der Waals surface area (Å²) < 4.78 is 8.20. The van der Waals surface area contributed by atoms with Gasteiger partial charge in [0.2, 0.25) is 0 Å². The van der Waals surface area contributed by atoms with Gasteiger partial charge >= 0.3 is 5.69 Å². The van der Waals surface area contributed by atoms with E-state index in [0.29, 0.717) is 13.0 Å². The SMILES string of the molecule is CCCn1c(=O)ccn([C@H]2CC[C@@H](CO)O2)c1=O. The first-order valence-electron chi connectivity index (χ1n) is 6.25. The quantitative estimate of drug-likeness (QED) is 0.826. The lowest BCUT2D eigenvalue weighted by atomic mass is 10.2. The van der Waals surface area contributed by atoms with Crippen molar-refractivity contribution in [2.75, 3.05) is 6.61 Å². The Morgan fingerprint density at radius 1 is 1.44 bits per heavy atom. The fraction of sp³-hybridized carbons (Fsp3) is 0.667. The van der Waals surface area contributed by atoms with Crippen LogP contribution in [0.4, 0.5) is 0 Å². The number of ether oxygens (including phenoxy) is 1. The van der Waals surface area contributed by atoms with Gasteiger partial charge in [-0.3, -0.25) is 13.9 Å². The van der Waals surface area contributed by atoms with Crippen molar-refractivity contribution in [2.24, 2.45) is 0 Å². The second kappa shape index (κ2) is 5.49. The molecule has 18 heavy (non-hydrogen) atoms. The lowest BCUT2D eigenvalue weighted by Crippen LogP contribution is -2.40. The van der Waals surface area contributed by atoms with Crippen LogP contribution >= 0.6 is 0 Å². The van der Waals surface area contributed by atoms with Crippen LogP contribution in [-0.4, -0.2) is 27.0 Å². The van der Waals surface area contributed by atoms with E-state index in [4.69, 9.17) is 9.84 Å². The van der Waals surface area contributed by atoms with Gasteiger partial charge in [0.05, 0.1) is 12.7 Å². The number of aliphatic hydroxyl groups excluding tert-OH is 1. The summed E-state index contributed by atoms with van der Waals surface area (Å²) in [7, 11) is 0. The number of hydrogen-bond donors (Lipinski definition) is 1. The Labute approximate surface area is 104 Å². The molecule has 1 aliphatic heterocycles. The Morgan fingerprint density at radius 3 is 2.83 bits per heavy atom. The van der Waals surface area contributed by atoms with Crippen LogP contribution in [-0.2, 0) is 11.3 Å². The van der Waals surface area contributed by atoms with E-state index in [2.05, 4.69) is 0 Å². The van der Waals surface area contributed by atoms with Gasteiger partial charge in [0.15, 0.2) is 0 Å². The van der Waals surface area contributed by atoms with Crippen molar-refractivity contribution in [3.63, 3.8) is 0 Å². The van der Waals surface area contributed by atoms with Gasteiger partial charge in [0.1, 0.15) is 6.23 Å². The average Bonchev–Trinajstić information content (AvgIpc) is 2.83. The maximum Gasteiger partial charge on any atom is 0.333 e. The van der Waals surface area contributed by atoms with E-state index >= 15 is 0 Å². The molecule has 0 aliphatic carbocycles. The third kappa shape index (κ3) is 2.39. The molecule has 0 bridgehead atoms. The molecule has 2 rings (SSSR count). The minimum absolute atomic E-state index is 0.0418. The maximum atomic E-state index is 12.1. The van der Waals surface area contributed by atoms with Gasteiger partial charge < -0.3 is 9.84 Å². The van der Waals surface area contributed by atoms with Crippen LogP contribution in [0.15, 0.2) is 21.9 Å². The van der Waals surface area contributed by atoms with E-state index < -0.39 is 0 Å². The lowest BCUT2D eigenvalue weighted by Gasteiger charge is -2.16. The molecule has 0 aromatic carbocycles. The summed E-state index contributed by atoms with van der Waals surface area (Å²) in [4.78, 5) is 23.7. The Bertz CT molecular complexity index is 520. The van der Waals surface area contributed by atoms with E-state index in [9.17, 15) is 9.59 Å². The third-order valence-electron chi connectivity index (χ3n) is 3.14. The zero-order valence-electron chi connectivity index (χ0n) is 10.4. The average molecular weight is 254 g/mol. The first-order valence-corrected chi connectivity index (χ1v) is 6.25. The minimum Gasteiger partial charge on any atom is -0.394 e. The van der Waals surface area contributed by atoms with Crippen molar-refractivity contribution in [1.82, 2.24) is 9.13 Å². The Morgan fingerprint density at radius 2 is 2.22 bits per heavy atom. The van der Waals surface area contributed by atoms with Gasteiger partial charge in [0.25, 0.3) is 5.56 Å². The summed E-state index contributed by atoms with van der Waals surface area (Å²) in [5.41, 5.74) is -0.622. The summed E-state index contributed by atoms with van der Waals surface area (Å²) in [6.45, 7) is 2.28. The lowest BCUT2D eigenvalue weighted by molar-refractivity contribution is -0.0252. The fourth-order valence-electron chi connectivity index (χ4n) is 2.21. The minimum atomic E-state index is -0.377. The predicted molar refractivity (Wildman–Crippen MR) is 65.5 cm³/mol. The standard InChI is InChI=1S/C12H18N2O4/c1-2-6-13-10(16)5-7-14(12(13)17)11-4-3-9(8-15)18-11/h5,7,9,11,15H,2-4,6,8H2,1H3/t9-,11+/m0/s1. The molecular weight excluding hydrogens is 236 g/mol. The predicted octanol–water partition coefficient (Wildman–Crippen LogP) is 0.0899. The summed E-state index contributed by atoms with van der Waals surface area (Å²) in [6, 6.07) is 1.38. The van der Waals surface area contributed by atoms with Crippen molar-refractivity contribution in [2.45, 2.75) is 45.1 Å². The van der Waals surface area contributed by atoms with E-state index in [1.54, 1.807) is 0 Å². The highest BCUT2D eigenvalue weighted by atomic mass is 16.5. The van der Waals surface area contributed by atoms with Crippen LogP contribution in [0.3, 0.4) is 0 Å². The number of rotatable bonds is 4. The highest BCUT2D eigenvalue weighted by Crippen LogP contribution is 2.26. The third-order valence-corrected chi connectivity index (χ3v) is 3.14. The summed E-state index contributed by atoms with van der Waals surface area (Å²) in [5.74, 6) is 0. The molecule has 1 saturated heterocycles. The molecule has 2 atom stereocenters. The zero-order chi connectivity index (χ0) is 13.1. The van der Waals surface area contributed by atoms with Crippen molar-refractivity contribution >= 4 is 0 Å². The molecule has 0 spiro atoms. The van der Waals surface area contributed by atoms with Crippen LogP contribution in [0.1, 0.15) is 32.4 Å². The normalized spacial score (nSPS) is 23.4. The molecule has 0 radical (unpaired) electrons. The first-order chi connectivity index (χ1) is 8.67. The zero-order valence-corrected chi connectivity index (χ0v) is 10.4. The van der Waals surface area contributed by atoms with Crippen molar-refractivity contribution in [3.05, 3.63) is 33.1 Å². The number of aliphatic hydroxyl groups is 1. The molecule has 1 fully saturated rings. The molecule has 6 nitrogen and oxygen atoms in total. The molecular formula is C12H18N2O4.